The van der Waals surface area contributed by atoms with E-state index in [-0.39, 0.29) is 51.7 Å². The Bertz CT molecular complexity index is 1760. The summed E-state index contributed by atoms with van der Waals surface area (Å²) < 4.78 is 60.3. The summed E-state index contributed by atoms with van der Waals surface area (Å²) in [6.07, 6.45) is -3.64. The number of halogens is 6. The third-order valence-electron chi connectivity index (χ3n) is 7.74. The molecule has 0 amide bonds. The Labute approximate surface area is 255 Å². The maximum absolute atomic E-state index is 13.7. The van der Waals surface area contributed by atoms with Gasteiger partial charge in [-0.3, -0.25) is 9.69 Å². The lowest BCUT2D eigenvalue weighted by atomic mass is 9.74. The molecule has 0 saturated heterocycles. The average molecular weight is 630 g/mol. The highest BCUT2D eigenvalue weighted by Gasteiger charge is 2.42. The van der Waals surface area contributed by atoms with Crippen LogP contribution in [0.3, 0.4) is 0 Å². The molecule has 0 spiro atoms. The number of hydrogen-bond acceptors (Lipinski definition) is 5. The molecule has 0 fully saturated rings. The van der Waals surface area contributed by atoms with Crippen LogP contribution >= 0.6 is 23.2 Å². The topological polar surface area (TPSA) is 79.4 Å². The summed E-state index contributed by atoms with van der Waals surface area (Å²) in [5.74, 6) is -1.40. The number of Topliss-reactive ketones (excluding diaryl/α,β-unsaturated/α-hetero) is 1. The van der Waals surface area contributed by atoms with Crippen LogP contribution in [0.15, 0.2) is 71.2 Å². The van der Waals surface area contributed by atoms with Crippen LogP contribution in [0.5, 0.6) is 5.75 Å². The van der Waals surface area contributed by atoms with Gasteiger partial charge in [-0.25, -0.2) is 4.39 Å². The van der Waals surface area contributed by atoms with E-state index in [0.29, 0.717) is 29.7 Å². The van der Waals surface area contributed by atoms with Crippen LogP contribution in [0.2, 0.25) is 10.0 Å². The maximum atomic E-state index is 13.7. The average Bonchev–Trinajstić information content (AvgIpc) is 2.93. The number of ether oxygens (including phenoxy) is 1. The first-order valence-electron chi connectivity index (χ1n) is 13.3. The molecule has 0 radical (unpaired) electrons. The van der Waals surface area contributed by atoms with E-state index < -0.39 is 23.5 Å². The van der Waals surface area contributed by atoms with Crippen molar-refractivity contribution in [2.24, 2.45) is 5.73 Å². The summed E-state index contributed by atoms with van der Waals surface area (Å²) in [5.41, 5.74) is 9.31. The van der Waals surface area contributed by atoms with Gasteiger partial charge in [0.25, 0.3) is 0 Å². The summed E-state index contributed by atoms with van der Waals surface area (Å²) in [6.45, 7) is 3.79. The van der Waals surface area contributed by atoms with Crippen LogP contribution in [0.25, 0.3) is 0 Å². The van der Waals surface area contributed by atoms with Gasteiger partial charge < -0.3 is 10.5 Å². The Morgan fingerprint density at radius 2 is 1.79 bits per heavy atom. The van der Waals surface area contributed by atoms with Crippen molar-refractivity contribution in [2.75, 3.05) is 4.90 Å². The van der Waals surface area contributed by atoms with Crippen LogP contribution in [0, 0.1) is 31.0 Å². The van der Waals surface area contributed by atoms with Gasteiger partial charge in [-0.15, -0.1) is 0 Å². The Hall–Kier alpha value is -4.00. The zero-order valence-electron chi connectivity index (χ0n) is 23.1. The van der Waals surface area contributed by atoms with Gasteiger partial charge in [0.15, 0.2) is 5.78 Å². The van der Waals surface area contributed by atoms with Crippen molar-refractivity contribution in [1.29, 1.82) is 5.26 Å². The number of carbonyl (C=O) groups excluding carboxylic acids is 1. The van der Waals surface area contributed by atoms with Gasteiger partial charge in [0.05, 0.1) is 38.9 Å². The number of carbonyl (C=O) groups is 1. The Morgan fingerprint density at radius 3 is 2.47 bits per heavy atom. The molecule has 0 saturated carbocycles. The van der Waals surface area contributed by atoms with Gasteiger partial charge in [-0.05, 0) is 85.3 Å². The Morgan fingerprint density at radius 1 is 1.05 bits per heavy atom. The van der Waals surface area contributed by atoms with Crippen LogP contribution in [-0.4, -0.2) is 5.78 Å². The number of rotatable bonds is 5. The number of hydrogen-bond donors (Lipinski definition) is 1. The highest BCUT2D eigenvalue weighted by Crippen LogP contribution is 2.49. The second-order valence-electron chi connectivity index (χ2n) is 10.5. The summed E-state index contributed by atoms with van der Waals surface area (Å²) >= 11 is 12.5. The minimum Gasteiger partial charge on any atom is -0.487 e. The molecule has 0 aromatic heterocycles. The highest BCUT2D eigenvalue weighted by molar-refractivity contribution is 6.33. The van der Waals surface area contributed by atoms with Gasteiger partial charge in [0, 0.05) is 17.7 Å². The Kier molecular flexibility index (Phi) is 8.21. The fourth-order valence-electron chi connectivity index (χ4n) is 5.66. The summed E-state index contributed by atoms with van der Waals surface area (Å²) in [5, 5.41) is 10.5. The molecule has 11 heteroatoms. The second-order valence-corrected chi connectivity index (χ2v) is 11.3. The summed E-state index contributed by atoms with van der Waals surface area (Å²) in [6, 6.07) is 12.5. The largest absolute Gasteiger partial charge is 0.487 e. The standard InChI is InChI=1S/C32H25Cl2F4N3O2/c1-16-10-17(2)21(11-18(16)15-43-28-9-7-20(35)13-24(28)34)29-22(14-39)31(40)41(25-4-3-5-27(42)30(25)29)26-12-19(32(36,37)38)6-8-23(26)33/h6-13,29H,3-5,15,40H2,1-2H3. The number of anilines is 1. The van der Waals surface area contributed by atoms with Crippen molar-refractivity contribution in [3.8, 4) is 11.8 Å². The first-order chi connectivity index (χ1) is 20.3. The number of nitriles is 1. The lowest BCUT2D eigenvalue weighted by Gasteiger charge is -2.40. The quantitative estimate of drug-likeness (QED) is 0.286. The number of alkyl halides is 3. The van der Waals surface area contributed by atoms with Crippen LogP contribution < -0.4 is 15.4 Å². The second kappa shape index (κ2) is 11.6. The third-order valence-corrected chi connectivity index (χ3v) is 8.36. The molecule has 222 valence electrons. The SMILES string of the molecule is Cc1cc(C)c(C2C(C#N)=C(N)N(c3cc(C(F)(F)F)ccc3Cl)C3=C2C(=O)CCC3)cc1COc1ccc(F)cc1Cl. The van der Waals surface area contributed by atoms with Crippen molar-refractivity contribution in [1.82, 2.24) is 0 Å². The number of benzene rings is 3. The smallest absolute Gasteiger partial charge is 0.416 e. The molecular formula is C32H25Cl2F4N3O2. The zero-order valence-corrected chi connectivity index (χ0v) is 24.6. The number of ketones is 1. The van der Waals surface area contributed by atoms with Gasteiger partial charge in [0.1, 0.15) is 24.0 Å². The molecule has 0 bridgehead atoms. The van der Waals surface area contributed by atoms with E-state index in [1.165, 1.54) is 17.0 Å². The lowest BCUT2D eigenvalue weighted by Crippen LogP contribution is -2.39. The van der Waals surface area contributed by atoms with E-state index >= 15 is 0 Å². The lowest BCUT2D eigenvalue weighted by molar-refractivity contribution is -0.137. The van der Waals surface area contributed by atoms with E-state index in [0.717, 1.165) is 41.0 Å². The van der Waals surface area contributed by atoms with Crippen LogP contribution in [0.1, 0.15) is 53.0 Å². The van der Waals surface area contributed by atoms with E-state index in [9.17, 15) is 27.6 Å². The number of allylic oxidation sites excluding steroid dienone is 3. The Balaban J connectivity index is 1.65. The van der Waals surface area contributed by atoms with Crippen LogP contribution in [0.4, 0.5) is 23.2 Å². The first kappa shape index (κ1) is 30.5. The van der Waals surface area contributed by atoms with Crippen molar-refractivity contribution in [3.05, 3.63) is 115 Å². The summed E-state index contributed by atoms with van der Waals surface area (Å²) in [7, 11) is 0. The van der Waals surface area contributed by atoms with E-state index in [1.54, 1.807) is 0 Å². The zero-order chi connectivity index (χ0) is 31.2. The molecule has 1 heterocycles. The fourth-order valence-corrected chi connectivity index (χ4v) is 6.09. The van der Waals surface area contributed by atoms with Gasteiger partial charge >= 0.3 is 6.18 Å². The predicted molar refractivity (Wildman–Crippen MR) is 156 cm³/mol. The molecule has 2 aliphatic rings. The molecule has 1 aliphatic heterocycles. The number of nitrogens with zero attached hydrogens (tertiary/aromatic N) is 2. The molecular weight excluding hydrogens is 605 g/mol. The molecule has 1 aliphatic carbocycles. The molecule has 43 heavy (non-hydrogen) atoms. The van der Waals surface area contributed by atoms with E-state index in [1.807, 2.05) is 26.0 Å². The fraction of sp³-hybridized carbons (Fsp3) is 0.250. The van der Waals surface area contributed by atoms with E-state index in [4.69, 9.17) is 33.7 Å². The molecule has 1 atom stereocenters. The van der Waals surface area contributed by atoms with Crippen molar-refractivity contribution < 1.29 is 27.1 Å². The molecule has 2 N–H and O–H groups in total. The monoisotopic (exact) mass is 629 g/mol. The van der Waals surface area contributed by atoms with Crippen molar-refractivity contribution >= 4 is 34.7 Å². The molecule has 5 rings (SSSR count). The highest BCUT2D eigenvalue weighted by atomic mass is 35.5. The minimum atomic E-state index is -4.65. The normalized spacial score (nSPS) is 17.2. The number of aryl methyl sites for hydroxylation is 2. The molecule has 1 unspecified atom stereocenters. The molecule has 5 nitrogen and oxygen atoms in total. The van der Waals surface area contributed by atoms with Crippen molar-refractivity contribution in [3.63, 3.8) is 0 Å². The molecule has 3 aromatic carbocycles. The predicted octanol–water partition coefficient (Wildman–Crippen LogP) is 8.65. The first-order valence-corrected chi connectivity index (χ1v) is 14.1. The van der Waals surface area contributed by atoms with Gasteiger partial charge in [-0.2, -0.15) is 18.4 Å². The van der Waals surface area contributed by atoms with Gasteiger partial charge in [0.2, 0.25) is 0 Å². The maximum Gasteiger partial charge on any atom is 0.416 e. The molecule has 3 aromatic rings. The summed E-state index contributed by atoms with van der Waals surface area (Å²) in [4.78, 5) is 14.9. The minimum absolute atomic E-state index is 0.0121. The van der Waals surface area contributed by atoms with Crippen LogP contribution in [-0.2, 0) is 17.6 Å². The van der Waals surface area contributed by atoms with Crippen molar-refractivity contribution in [2.45, 2.75) is 51.8 Å². The van der Waals surface area contributed by atoms with Gasteiger partial charge in [-0.1, -0.05) is 35.3 Å². The number of nitrogens with two attached hydrogens (primary N) is 1. The van der Waals surface area contributed by atoms with E-state index in [2.05, 4.69) is 6.07 Å². The third kappa shape index (κ3) is 5.69.